The van der Waals surface area contributed by atoms with Gasteiger partial charge < -0.3 is 5.11 Å². The van der Waals surface area contributed by atoms with Gasteiger partial charge in [-0.3, -0.25) is 0 Å². The van der Waals surface area contributed by atoms with Crippen LogP contribution in [0.15, 0.2) is 27.3 Å². The lowest BCUT2D eigenvalue weighted by atomic mass is 10.1. The summed E-state index contributed by atoms with van der Waals surface area (Å²) >= 11 is 12.6. The van der Waals surface area contributed by atoms with Gasteiger partial charge in [-0.15, -0.1) is 5.10 Å². The summed E-state index contributed by atoms with van der Waals surface area (Å²) < 4.78 is 2.81. The van der Waals surface area contributed by atoms with E-state index >= 15 is 0 Å². The van der Waals surface area contributed by atoms with Gasteiger partial charge in [0.05, 0.1) is 0 Å². The van der Waals surface area contributed by atoms with Gasteiger partial charge in [0.25, 0.3) is 0 Å². The average Bonchev–Trinajstić information content (AvgIpc) is 2.61. The normalized spacial score (nSPS) is 12.8. The van der Waals surface area contributed by atoms with E-state index in [9.17, 15) is 5.11 Å². The van der Waals surface area contributed by atoms with E-state index in [-0.39, 0.29) is 0 Å². The third kappa shape index (κ3) is 2.54. The van der Waals surface area contributed by atoms with Gasteiger partial charge in [0, 0.05) is 22.1 Å². The van der Waals surface area contributed by atoms with Crippen molar-refractivity contribution in [3.05, 3.63) is 43.6 Å². The van der Waals surface area contributed by atoms with Crippen molar-refractivity contribution in [1.82, 2.24) is 15.0 Å². The summed E-state index contributed by atoms with van der Waals surface area (Å²) in [6.07, 6.45) is -0.850. The highest BCUT2D eigenvalue weighted by Crippen LogP contribution is 2.32. The minimum absolute atomic E-state index is 0.513. The number of hydrogen-bond acceptors (Lipinski definition) is 3. The highest BCUT2D eigenvalue weighted by Gasteiger charge is 2.21. The minimum atomic E-state index is -0.850. The molecule has 2 rings (SSSR count). The molecule has 1 heterocycles. The molecule has 4 nitrogen and oxygen atoms in total. The monoisotopic (exact) mass is 379 g/mol. The van der Waals surface area contributed by atoms with Crippen LogP contribution in [-0.4, -0.2) is 20.1 Å². The second-order valence-electron chi connectivity index (χ2n) is 3.46. The van der Waals surface area contributed by atoms with Crippen molar-refractivity contribution < 1.29 is 5.11 Å². The number of aliphatic hydroxyl groups excluding tert-OH is 1. The summed E-state index contributed by atoms with van der Waals surface area (Å²) in [4.78, 5) is 0. The number of aryl methyl sites for hydroxylation is 1. The SMILES string of the molecule is Cn1nnc(Br)c1C(O)c1cc(Cl)ccc1Br. The van der Waals surface area contributed by atoms with Crippen molar-refractivity contribution in [2.45, 2.75) is 6.10 Å². The highest BCUT2D eigenvalue weighted by molar-refractivity contribution is 9.10. The molecule has 2 aromatic rings. The summed E-state index contributed by atoms with van der Waals surface area (Å²) in [7, 11) is 1.72. The minimum Gasteiger partial charge on any atom is -0.382 e. The van der Waals surface area contributed by atoms with Crippen LogP contribution in [-0.2, 0) is 7.05 Å². The molecule has 0 aliphatic rings. The van der Waals surface area contributed by atoms with Gasteiger partial charge in [-0.2, -0.15) is 0 Å². The largest absolute Gasteiger partial charge is 0.382 e. The first-order valence-corrected chi connectivity index (χ1v) is 6.65. The number of aliphatic hydroxyl groups is 1. The van der Waals surface area contributed by atoms with E-state index in [0.29, 0.717) is 20.9 Å². The van der Waals surface area contributed by atoms with E-state index in [4.69, 9.17) is 11.6 Å². The molecule has 0 saturated heterocycles. The molecule has 0 spiro atoms. The van der Waals surface area contributed by atoms with Gasteiger partial charge in [-0.25, -0.2) is 4.68 Å². The van der Waals surface area contributed by atoms with Crippen molar-refractivity contribution in [1.29, 1.82) is 0 Å². The Morgan fingerprint density at radius 1 is 1.41 bits per heavy atom. The number of rotatable bonds is 2. The molecule has 0 fully saturated rings. The molecule has 1 unspecified atom stereocenters. The van der Waals surface area contributed by atoms with Crippen LogP contribution < -0.4 is 0 Å². The summed E-state index contributed by atoms with van der Waals surface area (Å²) in [5.74, 6) is 0. The highest BCUT2D eigenvalue weighted by atomic mass is 79.9. The van der Waals surface area contributed by atoms with E-state index in [1.54, 1.807) is 25.2 Å². The summed E-state index contributed by atoms with van der Waals surface area (Å²) in [6, 6.07) is 5.24. The van der Waals surface area contributed by atoms with Gasteiger partial charge in [-0.1, -0.05) is 32.7 Å². The molecule has 0 aliphatic carbocycles. The van der Waals surface area contributed by atoms with E-state index < -0.39 is 6.10 Å². The first-order valence-electron chi connectivity index (χ1n) is 4.68. The third-order valence-corrected chi connectivity index (χ3v) is 3.86. The van der Waals surface area contributed by atoms with E-state index in [1.165, 1.54) is 4.68 Å². The number of nitrogens with zero attached hydrogens (tertiary/aromatic N) is 3. The smallest absolute Gasteiger partial charge is 0.154 e. The average molecular weight is 381 g/mol. The predicted octanol–water partition coefficient (Wildman–Crippen LogP) is 3.08. The Balaban J connectivity index is 2.50. The lowest BCUT2D eigenvalue weighted by molar-refractivity contribution is 0.208. The molecule has 90 valence electrons. The standard InChI is InChI=1S/C10H8Br2ClN3O/c1-16-8(10(12)14-15-16)9(17)6-4-5(13)2-3-7(6)11/h2-4,9,17H,1H3. The quantitative estimate of drug-likeness (QED) is 0.870. The molecule has 1 aromatic heterocycles. The maximum absolute atomic E-state index is 10.3. The molecule has 0 saturated carbocycles. The molecular formula is C10H8Br2ClN3O. The molecule has 0 radical (unpaired) electrons. The zero-order valence-corrected chi connectivity index (χ0v) is 12.7. The Morgan fingerprint density at radius 2 is 2.12 bits per heavy atom. The molecule has 1 N–H and O–H groups in total. The lowest BCUT2D eigenvalue weighted by Gasteiger charge is -2.13. The fourth-order valence-electron chi connectivity index (χ4n) is 1.50. The van der Waals surface area contributed by atoms with Gasteiger partial charge in [0.1, 0.15) is 11.8 Å². The van der Waals surface area contributed by atoms with Crippen LogP contribution in [0.5, 0.6) is 0 Å². The Hall–Kier alpha value is -0.430. The molecular weight excluding hydrogens is 373 g/mol. The molecule has 17 heavy (non-hydrogen) atoms. The van der Waals surface area contributed by atoms with Crippen molar-refractivity contribution in [3.8, 4) is 0 Å². The van der Waals surface area contributed by atoms with Crippen LogP contribution in [0.4, 0.5) is 0 Å². The molecule has 0 aliphatic heterocycles. The van der Waals surface area contributed by atoms with Gasteiger partial charge in [0.2, 0.25) is 0 Å². The first kappa shape index (κ1) is 13.0. The number of hydrogen-bond donors (Lipinski definition) is 1. The van der Waals surface area contributed by atoms with Gasteiger partial charge >= 0.3 is 0 Å². The Bertz CT molecular complexity index is 539. The Kier molecular flexibility index (Phi) is 3.87. The maximum Gasteiger partial charge on any atom is 0.154 e. The molecule has 1 aromatic carbocycles. The summed E-state index contributed by atoms with van der Waals surface area (Å²) in [5, 5.41) is 18.6. The van der Waals surface area contributed by atoms with Gasteiger partial charge in [-0.05, 0) is 34.1 Å². The van der Waals surface area contributed by atoms with Crippen LogP contribution in [0.2, 0.25) is 5.02 Å². The number of aromatic nitrogens is 3. The lowest BCUT2D eigenvalue weighted by Crippen LogP contribution is -2.08. The van der Waals surface area contributed by atoms with Crippen molar-refractivity contribution in [2.24, 2.45) is 7.05 Å². The fourth-order valence-corrected chi connectivity index (χ4v) is 2.69. The van der Waals surface area contributed by atoms with Crippen LogP contribution in [0.3, 0.4) is 0 Å². The number of benzene rings is 1. The van der Waals surface area contributed by atoms with Gasteiger partial charge in [0.15, 0.2) is 4.60 Å². The van der Waals surface area contributed by atoms with Crippen molar-refractivity contribution in [2.75, 3.05) is 0 Å². The Labute approximate surface area is 120 Å². The van der Waals surface area contributed by atoms with Crippen molar-refractivity contribution >= 4 is 43.5 Å². The number of halogens is 3. The van der Waals surface area contributed by atoms with Crippen LogP contribution >= 0.6 is 43.5 Å². The molecule has 0 bridgehead atoms. The molecule has 7 heteroatoms. The van der Waals surface area contributed by atoms with Crippen LogP contribution in [0.25, 0.3) is 0 Å². The second kappa shape index (κ2) is 5.06. The van der Waals surface area contributed by atoms with Crippen molar-refractivity contribution in [3.63, 3.8) is 0 Å². The fraction of sp³-hybridized carbons (Fsp3) is 0.200. The van der Waals surface area contributed by atoms with Crippen LogP contribution in [0.1, 0.15) is 17.4 Å². The zero-order valence-electron chi connectivity index (χ0n) is 8.73. The van der Waals surface area contributed by atoms with Crippen LogP contribution in [0, 0.1) is 0 Å². The summed E-state index contributed by atoms with van der Waals surface area (Å²) in [5.41, 5.74) is 1.25. The Morgan fingerprint density at radius 3 is 2.71 bits per heavy atom. The van der Waals surface area contributed by atoms with E-state index in [1.807, 2.05) is 0 Å². The van der Waals surface area contributed by atoms with E-state index in [2.05, 4.69) is 42.2 Å². The van der Waals surface area contributed by atoms with E-state index in [0.717, 1.165) is 4.47 Å². The molecule has 0 amide bonds. The maximum atomic E-state index is 10.3. The third-order valence-electron chi connectivity index (χ3n) is 2.34. The first-order chi connectivity index (χ1) is 8.00. The molecule has 1 atom stereocenters. The summed E-state index contributed by atoms with van der Waals surface area (Å²) in [6.45, 7) is 0. The topological polar surface area (TPSA) is 50.9 Å². The zero-order chi connectivity index (χ0) is 12.6. The predicted molar refractivity (Wildman–Crippen MR) is 71.9 cm³/mol. The second-order valence-corrected chi connectivity index (χ2v) is 5.50.